The zero-order valence-electron chi connectivity index (χ0n) is 21.0. The summed E-state index contributed by atoms with van der Waals surface area (Å²) >= 11 is 0. The lowest BCUT2D eigenvalue weighted by atomic mass is 10.1. The normalized spacial score (nSPS) is 11.0. The van der Waals surface area contributed by atoms with Crippen molar-refractivity contribution in [2.75, 3.05) is 0 Å². The summed E-state index contributed by atoms with van der Waals surface area (Å²) in [5.74, 6) is 0.277. The summed E-state index contributed by atoms with van der Waals surface area (Å²) in [6, 6.07) is 19.9. The van der Waals surface area contributed by atoms with Crippen LogP contribution >= 0.6 is 0 Å². The predicted octanol–water partition coefficient (Wildman–Crippen LogP) is 8.45. The third kappa shape index (κ3) is 8.48. The van der Waals surface area contributed by atoms with E-state index < -0.39 is 0 Å². The smallest absolute Gasteiger partial charge is 0.312 e. The molecule has 0 atom stereocenters. The number of carbonyl (C=O) groups excluding carboxylic acids is 1. The first kappa shape index (κ1) is 25.7. The molecule has 182 valence electrons. The van der Waals surface area contributed by atoms with Crippen LogP contribution in [-0.4, -0.2) is 15.7 Å². The van der Waals surface area contributed by atoms with Gasteiger partial charge in [-0.3, -0.25) is 4.79 Å². The van der Waals surface area contributed by atoms with Crippen LogP contribution in [0.15, 0.2) is 60.7 Å². The molecule has 0 fully saturated rings. The number of aryl methyl sites for hydroxylation is 1. The summed E-state index contributed by atoms with van der Waals surface area (Å²) in [6.45, 7) is 4.31. The third-order valence-corrected chi connectivity index (χ3v) is 6.23. The largest absolute Gasteiger partial charge is 0.407 e. The van der Waals surface area contributed by atoms with Gasteiger partial charge in [0.05, 0.1) is 11.4 Å². The fourth-order valence-electron chi connectivity index (χ4n) is 4.16. The van der Waals surface area contributed by atoms with Crippen LogP contribution in [-0.2, 0) is 4.79 Å². The second-order valence-corrected chi connectivity index (χ2v) is 9.24. The minimum atomic E-state index is -0.191. The van der Waals surface area contributed by atoms with Crippen LogP contribution in [0.1, 0.15) is 89.5 Å². The van der Waals surface area contributed by atoms with Crippen molar-refractivity contribution >= 4 is 5.97 Å². The molecule has 4 nitrogen and oxygen atoms in total. The second-order valence-electron chi connectivity index (χ2n) is 9.24. The Hall–Kier alpha value is -2.88. The van der Waals surface area contributed by atoms with Crippen molar-refractivity contribution in [3.63, 3.8) is 0 Å². The Morgan fingerprint density at radius 2 is 1.38 bits per heavy atom. The minimum absolute atomic E-state index is 0.191. The fourth-order valence-corrected chi connectivity index (χ4v) is 4.16. The number of rotatable bonds is 15. The minimum Gasteiger partial charge on any atom is -0.407 e. The number of carbonyl (C=O) groups is 1. The Morgan fingerprint density at radius 3 is 2.00 bits per heavy atom. The Morgan fingerprint density at radius 1 is 0.794 bits per heavy atom. The molecule has 0 N–H and O–H groups in total. The number of ether oxygens (including phenoxy) is 1. The topological polar surface area (TPSA) is 44.1 Å². The molecule has 0 saturated heterocycles. The van der Waals surface area contributed by atoms with Gasteiger partial charge in [0.25, 0.3) is 0 Å². The van der Waals surface area contributed by atoms with Crippen molar-refractivity contribution in [1.82, 2.24) is 9.78 Å². The van der Waals surface area contributed by atoms with Crippen LogP contribution in [0.4, 0.5) is 0 Å². The van der Waals surface area contributed by atoms with Gasteiger partial charge in [-0.1, -0.05) is 119 Å². The van der Waals surface area contributed by atoms with Crippen molar-refractivity contribution in [1.29, 1.82) is 0 Å². The molecule has 1 aromatic heterocycles. The Balaban J connectivity index is 1.48. The summed E-state index contributed by atoms with van der Waals surface area (Å²) in [7, 11) is 0. The zero-order valence-corrected chi connectivity index (χ0v) is 21.0. The molecule has 2 aromatic carbocycles. The maximum Gasteiger partial charge on any atom is 0.312 e. The predicted molar refractivity (Wildman–Crippen MR) is 140 cm³/mol. The van der Waals surface area contributed by atoms with Gasteiger partial charge in [0, 0.05) is 18.1 Å². The van der Waals surface area contributed by atoms with Crippen molar-refractivity contribution in [2.45, 2.75) is 90.9 Å². The van der Waals surface area contributed by atoms with Crippen molar-refractivity contribution in [3.05, 3.63) is 66.2 Å². The van der Waals surface area contributed by atoms with Crippen LogP contribution in [0.2, 0.25) is 0 Å². The lowest BCUT2D eigenvalue weighted by molar-refractivity contribution is -0.134. The lowest BCUT2D eigenvalue weighted by Gasteiger charge is -2.08. The van der Waals surface area contributed by atoms with Gasteiger partial charge in [-0.25, -0.2) is 4.68 Å². The Bertz CT molecular complexity index is 977. The van der Waals surface area contributed by atoms with Crippen LogP contribution in [0.5, 0.6) is 5.88 Å². The van der Waals surface area contributed by atoms with E-state index in [4.69, 9.17) is 9.84 Å². The van der Waals surface area contributed by atoms with Crippen molar-refractivity contribution < 1.29 is 9.53 Å². The lowest BCUT2D eigenvalue weighted by Crippen LogP contribution is -2.11. The maximum absolute atomic E-state index is 12.6. The monoisotopic (exact) mass is 460 g/mol. The van der Waals surface area contributed by atoms with E-state index in [0.29, 0.717) is 12.3 Å². The maximum atomic E-state index is 12.6. The van der Waals surface area contributed by atoms with Crippen molar-refractivity contribution in [3.8, 4) is 22.8 Å². The van der Waals surface area contributed by atoms with E-state index in [2.05, 4.69) is 13.8 Å². The first-order valence-electron chi connectivity index (χ1n) is 13.1. The highest BCUT2D eigenvalue weighted by atomic mass is 16.5. The number of nitrogens with zero attached hydrogens (tertiary/aromatic N) is 2. The molecular formula is C30H40N2O2. The molecule has 0 spiro atoms. The third-order valence-electron chi connectivity index (χ3n) is 6.23. The fraction of sp³-hybridized carbons (Fsp3) is 0.467. The first-order valence-corrected chi connectivity index (χ1v) is 13.1. The standard InChI is InChI=1S/C30H40N2O2/c1-3-4-5-6-7-8-9-10-11-12-16-19-30(33)34-29-24-28(26-17-14-13-15-18-26)31-32(29)27-22-20-25(2)21-23-27/h13-15,17-18,20-24H,3-12,16,19H2,1-2H3. The quantitative estimate of drug-likeness (QED) is 0.169. The second kappa shape index (κ2) is 14.4. The summed E-state index contributed by atoms with van der Waals surface area (Å²) in [5.41, 5.74) is 3.84. The van der Waals surface area contributed by atoms with E-state index >= 15 is 0 Å². The van der Waals surface area contributed by atoms with Gasteiger partial charge in [-0.05, 0) is 25.5 Å². The van der Waals surface area contributed by atoms with E-state index in [0.717, 1.165) is 29.8 Å². The molecule has 1 heterocycles. The molecule has 0 aliphatic heterocycles. The average Bonchev–Trinajstić information content (AvgIpc) is 3.27. The van der Waals surface area contributed by atoms with E-state index in [9.17, 15) is 4.79 Å². The molecular weight excluding hydrogens is 420 g/mol. The van der Waals surface area contributed by atoms with Crippen LogP contribution in [0, 0.1) is 6.92 Å². The van der Waals surface area contributed by atoms with E-state index in [1.54, 1.807) is 4.68 Å². The zero-order chi connectivity index (χ0) is 24.0. The van der Waals surface area contributed by atoms with Gasteiger partial charge in [0.2, 0.25) is 5.88 Å². The molecule has 0 amide bonds. The highest BCUT2D eigenvalue weighted by Gasteiger charge is 2.15. The average molecular weight is 461 g/mol. The highest BCUT2D eigenvalue weighted by molar-refractivity contribution is 5.73. The Labute approximate surface area is 205 Å². The van der Waals surface area contributed by atoms with Crippen LogP contribution < -0.4 is 4.74 Å². The van der Waals surface area contributed by atoms with Gasteiger partial charge in [0.15, 0.2) is 0 Å². The molecule has 34 heavy (non-hydrogen) atoms. The highest BCUT2D eigenvalue weighted by Crippen LogP contribution is 2.27. The molecule has 0 bridgehead atoms. The number of aromatic nitrogens is 2. The van der Waals surface area contributed by atoms with Gasteiger partial charge < -0.3 is 4.74 Å². The van der Waals surface area contributed by atoms with E-state index in [1.807, 2.05) is 60.7 Å². The Kier molecular flexibility index (Phi) is 10.9. The van der Waals surface area contributed by atoms with Gasteiger partial charge >= 0.3 is 5.97 Å². The molecule has 0 unspecified atom stereocenters. The molecule has 3 aromatic rings. The van der Waals surface area contributed by atoms with Gasteiger partial charge in [0.1, 0.15) is 0 Å². The first-order chi connectivity index (χ1) is 16.7. The molecule has 0 aliphatic rings. The number of benzene rings is 2. The van der Waals surface area contributed by atoms with Gasteiger partial charge in [-0.15, -0.1) is 0 Å². The van der Waals surface area contributed by atoms with E-state index in [-0.39, 0.29) is 5.97 Å². The number of unbranched alkanes of at least 4 members (excludes halogenated alkanes) is 10. The summed E-state index contributed by atoms with van der Waals surface area (Å²) in [6.07, 6.45) is 14.3. The molecule has 0 aliphatic carbocycles. The van der Waals surface area contributed by atoms with E-state index in [1.165, 1.54) is 63.4 Å². The molecule has 0 radical (unpaired) electrons. The molecule has 0 saturated carbocycles. The summed E-state index contributed by atoms with van der Waals surface area (Å²) < 4.78 is 7.51. The number of esters is 1. The number of hydrogen-bond donors (Lipinski definition) is 0. The molecule has 4 heteroatoms. The summed E-state index contributed by atoms with van der Waals surface area (Å²) in [4.78, 5) is 12.6. The van der Waals surface area contributed by atoms with Crippen LogP contribution in [0.3, 0.4) is 0 Å². The van der Waals surface area contributed by atoms with Crippen molar-refractivity contribution in [2.24, 2.45) is 0 Å². The number of hydrogen-bond acceptors (Lipinski definition) is 3. The molecule has 3 rings (SSSR count). The van der Waals surface area contributed by atoms with Gasteiger partial charge in [-0.2, -0.15) is 5.10 Å². The van der Waals surface area contributed by atoms with Crippen LogP contribution in [0.25, 0.3) is 16.9 Å². The summed E-state index contributed by atoms with van der Waals surface area (Å²) in [5, 5.41) is 4.73. The SMILES string of the molecule is CCCCCCCCCCCCCC(=O)Oc1cc(-c2ccccc2)nn1-c1ccc(C)cc1.